The van der Waals surface area contributed by atoms with Crippen molar-refractivity contribution in [2.45, 2.75) is 13.0 Å². The highest BCUT2D eigenvalue weighted by Gasteiger charge is 2.11. The molecule has 3 rings (SSSR count). The summed E-state index contributed by atoms with van der Waals surface area (Å²) < 4.78 is 18.2. The summed E-state index contributed by atoms with van der Waals surface area (Å²) >= 11 is 0. The number of hydrogen-bond acceptors (Lipinski definition) is 3. The van der Waals surface area contributed by atoms with Crippen LogP contribution >= 0.6 is 0 Å². The minimum atomic E-state index is -0.292. The lowest BCUT2D eigenvalue weighted by Crippen LogP contribution is -2.36. The van der Waals surface area contributed by atoms with E-state index < -0.39 is 0 Å². The van der Waals surface area contributed by atoms with Crippen LogP contribution in [0, 0.1) is 5.82 Å². The van der Waals surface area contributed by atoms with Crippen molar-refractivity contribution >= 4 is 11.6 Å². The van der Waals surface area contributed by atoms with Gasteiger partial charge in [-0.05, 0) is 35.4 Å². The summed E-state index contributed by atoms with van der Waals surface area (Å²) in [7, 11) is 0. The number of benzene rings is 2. The molecule has 2 aromatic rings. The largest absolute Gasteiger partial charge is 0.378 e. The highest BCUT2D eigenvalue weighted by molar-refractivity contribution is 5.78. The fourth-order valence-electron chi connectivity index (χ4n) is 2.70. The van der Waals surface area contributed by atoms with Crippen molar-refractivity contribution in [2.24, 2.45) is 0 Å². The van der Waals surface area contributed by atoms with E-state index in [-0.39, 0.29) is 18.1 Å². The van der Waals surface area contributed by atoms with E-state index in [9.17, 15) is 9.18 Å². The third-order valence-corrected chi connectivity index (χ3v) is 4.08. The van der Waals surface area contributed by atoms with Crippen molar-refractivity contribution in [3.8, 4) is 0 Å². The molecule has 4 nitrogen and oxygen atoms in total. The van der Waals surface area contributed by atoms with Crippen LogP contribution in [0.5, 0.6) is 0 Å². The lowest BCUT2D eigenvalue weighted by molar-refractivity contribution is -0.120. The van der Waals surface area contributed by atoms with Gasteiger partial charge in [0.2, 0.25) is 5.91 Å². The van der Waals surface area contributed by atoms with Crippen molar-refractivity contribution in [3.05, 3.63) is 65.5 Å². The summed E-state index contributed by atoms with van der Waals surface area (Å²) in [5, 5.41) is 2.89. The van der Waals surface area contributed by atoms with Gasteiger partial charge in [-0.3, -0.25) is 4.79 Å². The van der Waals surface area contributed by atoms with Gasteiger partial charge in [0, 0.05) is 25.3 Å². The summed E-state index contributed by atoms with van der Waals surface area (Å²) in [6.45, 7) is 3.84. The fourth-order valence-corrected chi connectivity index (χ4v) is 2.70. The SMILES string of the molecule is O=C(Cc1ccc(F)cc1)NCc1ccc(N2CCOCC2)cc1. The van der Waals surface area contributed by atoms with Crippen molar-refractivity contribution in [1.29, 1.82) is 0 Å². The minimum absolute atomic E-state index is 0.0705. The number of halogens is 1. The molecule has 1 fully saturated rings. The second-order valence-electron chi connectivity index (χ2n) is 5.85. The van der Waals surface area contributed by atoms with Gasteiger partial charge in [0.05, 0.1) is 19.6 Å². The van der Waals surface area contributed by atoms with Gasteiger partial charge in [0.25, 0.3) is 0 Å². The van der Waals surface area contributed by atoms with E-state index in [1.165, 1.54) is 17.8 Å². The molecule has 1 saturated heterocycles. The van der Waals surface area contributed by atoms with Crippen LogP contribution in [0.4, 0.5) is 10.1 Å². The summed E-state index contributed by atoms with van der Waals surface area (Å²) in [4.78, 5) is 14.3. The van der Waals surface area contributed by atoms with E-state index in [1.807, 2.05) is 12.1 Å². The number of carbonyl (C=O) groups excluding carboxylic acids is 1. The molecule has 0 unspecified atom stereocenters. The van der Waals surface area contributed by atoms with Crippen LogP contribution in [0.3, 0.4) is 0 Å². The standard InChI is InChI=1S/C19H21FN2O2/c20-17-5-1-15(2-6-17)13-19(23)21-14-16-3-7-18(8-4-16)22-9-11-24-12-10-22/h1-8H,9-14H2,(H,21,23). The summed E-state index contributed by atoms with van der Waals surface area (Å²) in [6.07, 6.45) is 0.256. The molecule has 0 saturated carbocycles. The van der Waals surface area contributed by atoms with Crippen molar-refractivity contribution in [1.82, 2.24) is 5.32 Å². The second kappa shape index (κ2) is 7.93. The first-order chi connectivity index (χ1) is 11.7. The summed E-state index contributed by atoms with van der Waals surface area (Å²) in [5.74, 6) is -0.363. The Hall–Kier alpha value is -2.40. The molecule has 1 amide bonds. The molecule has 0 aromatic heterocycles. The maximum Gasteiger partial charge on any atom is 0.224 e. The van der Waals surface area contributed by atoms with Gasteiger partial charge in [-0.1, -0.05) is 24.3 Å². The number of hydrogen-bond donors (Lipinski definition) is 1. The molecule has 2 aromatic carbocycles. The zero-order chi connectivity index (χ0) is 16.8. The summed E-state index contributed by atoms with van der Waals surface area (Å²) in [5.41, 5.74) is 3.04. The van der Waals surface area contributed by atoms with E-state index >= 15 is 0 Å². The lowest BCUT2D eigenvalue weighted by atomic mass is 10.1. The van der Waals surface area contributed by atoms with Crippen molar-refractivity contribution < 1.29 is 13.9 Å². The van der Waals surface area contributed by atoms with Crippen LogP contribution in [0.2, 0.25) is 0 Å². The predicted molar refractivity (Wildman–Crippen MR) is 91.4 cm³/mol. The lowest BCUT2D eigenvalue weighted by Gasteiger charge is -2.28. The zero-order valence-corrected chi connectivity index (χ0v) is 13.5. The number of anilines is 1. The predicted octanol–water partition coefficient (Wildman–Crippen LogP) is 2.52. The van der Waals surface area contributed by atoms with Gasteiger partial charge in [0.1, 0.15) is 5.82 Å². The molecule has 0 atom stereocenters. The van der Waals surface area contributed by atoms with Crippen LogP contribution in [0.15, 0.2) is 48.5 Å². The summed E-state index contributed by atoms with van der Waals surface area (Å²) in [6, 6.07) is 14.2. The maximum atomic E-state index is 12.8. The number of amides is 1. The highest BCUT2D eigenvalue weighted by Crippen LogP contribution is 2.16. The topological polar surface area (TPSA) is 41.6 Å². The van der Waals surface area contributed by atoms with Gasteiger partial charge in [-0.15, -0.1) is 0 Å². The molecule has 126 valence electrons. The van der Waals surface area contributed by atoms with Gasteiger partial charge >= 0.3 is 0 Å². The van der Waals surface area contributed by atoms with Gasteiger partial charge < -0.3 is 15.0 Å². The van der Waals surface area contributed by atoms with E-state index in [0.29, 0.717) is 6.54 Å². The number of nitrogens with zero attached hydrogens (tertiary/aromatic N) is 1. The Kier molecular flexibility index (Phi) is 5.43. The fraction of sp³-hybridized carbons (Fsp3) is 0.316. The van der Waals surface area contributed by atoms with Crippen LogP contribution in [0.25, 0.3) is 0 Å². The molecule has 0 aliphatic carbocycles. The second-order valence-corrected chi connectivity index (χ2v) is 5.85. The first kappa shape index (κ1) is 16.5. The van der Waals surface area contributed by atoms with Gasteiger partial charge in [-0.2, -0.15) is 0 Å². The van der Waals surface area contributed by atoms with E-state index in [4.69, 9.17) is 4.74 Å². The quantitative estimate of drug-likeness (QED) is 0.917. The van der Waals surface area contributed by atoms with E-state index in [0.717, 1.165) is 37.4 Å². The van der Waals surface area contributed by atoms with Crippen LogP contribution < -0.4 is 10.2 Å². The minimum Gasteiger partial charge on any atom is -0.378 e. The number of ether oxygens (including phenoxy) is 1. The molecule has 1 aliphatic heterocycles. The molecule has 0 radical (unpaired) electrons. The number of morpholine rings is 1. The molecule has 0 spiro atoms. The Morgan fingerprint density at radius 3 is 2.29 bits per heavy atom. The molecule has 5 heteroatoms. The third-order valence-electron chi connectivity index (χ3n) is 4.08. The molecule has 1 N–H and O–H groups in total. The zero-order valence-electron chi connectivity index (χ0n) is 13.5. The maximum absolute atomic E-state index is 12.8. The van der Waals surface area contributed by atoms with Crippen LogP contribution in [-0.4, -0.2) is 32.2 Å². The number of carbonyl (C=O) groups is 1. The van der Waals surface area contributed by atoms with Crippen LogP contribution in [-0.2, 0) is 22.5 Å². The van der Waals surface area contributed by atoms with Gasteiger partial charge in [-0.25, -0.2) is 4.39 Å². The first-order valence-corrected chi connectivity index (χ1v) is 8.13. The average Bonchev–Trinajstić information content (AvgIpc) is 2.63. The Balaban J connectivity index is 1.49. The Bertz CT molecular complexity index is 665. The molecule has 1 heterocycles. The van der Waals surface area contributed by atoms with Crippen LogP contribution in [0.1, 0.15) is 11.1 Å². The van der Waals surface area contributed by atoms with E-state index in [2.05, 4.69) is 22.3 Å². The normalized spacial score (nSPS) is 14.5. The Morgan fingerprint density at radius 1 is 1.00 bits per heavy atom. The molecule has 24 heavy (non-hydrogen) atoms. The average molecular weight is 328 g/mol. The Labute approximate surface area is 141 Å². The van der Waals surface area contributed by atoms with Gasteiger partial charge in [0.15, 0.2) is 0 Å². The van der Waals surface area contributed by atoms with Crippen molar-refractivity contribution in [3.63, 3.8) is 0 Å². The smallest absolute Gasteiger partial charge is 0.224 e. The molecule has 0 bridgehead atoms. The number of rotatable bonds is 5. The molecular formula is C19H21FN2O2. The number of nitrogens with one attached hydrogen (secondary N) is 1. The highest BCUT2D eigenvalue weighted by atomic mass is 19.1. The molecule has 1 aliphatic rings. The van der Waals surface area contributed by atoms with E-state index in [1.54, 1.807) is 12.1 Å². The monoisotopic (exact) mass is 328 g/mol. The van der Waals surface area contributed by atoms with Crippen molar-refractivity contribution in [2.75, 3.05) is 31.2 Å². The first-order valence-electron chi connectivity index (χ1n) is 8.13. The Morgan fingerprint density at radius 2 is 1.62 bits per heavy atom. The third kappa shape index (κ3) is 4.55. The molecular weight excluding hydrogens is 307 g/mol.